The number of rotatable bonds is 51. The predicted molar refractivity (Wildman–Crippen MR) is 306 cm³/mol. The first-order valence-electron chi connectivity index (χ1n) is 30.0. The van der Waals surface area contributed by atoms with Crippen molar-refractivity contribution in [1.29, 1.82) is 0 Å². The third kappa shape index (κ3) is 31.1. The number of carbonyl (C=O) groups excluding carboxylic acids is 1. The van der Waals surface area contributed by atoms with Crippen LogP contribution in [0.5, 0.6) is 6.01 Å². The highest BCUT2D eigenvalue weighted by Crippen LogP contribution is 2.43. The van der Waals surface area contributed by atoms with Gasteiger partial charge in [0.05, 0.1) is 32.5 Å². The smallest absolute Gasteiger partial charge is 0.328 e. The van der Waals surface area contributed by atoms with Crippen molar-refractivity contribution in [3.63, 3.8) is 0 Å². The lowest BCUT2D eigenvalue weighted by atomic mass is 10.0. The average Bonchev–Trinajstić information content (AvgIpc) is 3.71. The van der Waals surface area contributed by atoms with Crippen LogP contribution in [-0.2, 0) is 25.1 Å². The zero-order chi connectivity index (χ0) is 53.2. The van der Waals surface area contributed by atoms with Crippen molar-refractivity contribution in [3.8, 4) is 6.01 Å². The standard InChI is InChI=1S/C59H105N6O8P/c1-4-6-8-10-12-14-16-18-20-22-23-25-27-29-31-33-35-38-52(49-71-44-36-34-32-30-28-26-24-21-19-17-15-13-11-9-7-5-2)50-73-74(68,69)47-37-43-61-57(66)53-41-39-51(40-42-53)48-65-56-54(62-59(65)67)55(60)63-58(64-56)72-46-45-70-3/h39-42,52H,4-38,43-50H2,1-3H3,(H,61,66)(H,62,67)(H,68,69)(H2,60,63,64). The summed E-state index contributed by atoms with van der Waals surface area (Å²) in [7, 11) is -2.31. The van der Waals surface area contributed by atoms with E-state index < -0.39 is 13.3 Å². The molecule has 2 aromatic heterocycles. The molecular formula is C59H105N6O8P. The molecule has 0 bridgehead atoms. The highest BCUT2D eigenvalue weighted by molar-refractivity contribution is 7.52. The molecule has 74 heavy (non-hydrogen) atoms. The molecule has 3 rings (SSSR count). The molecule has 5 N–H and O–H groups in total. The van der Waals surface area contributed by atoms with Crippen LogP contribution in [0.1, 0.15) is 254 Å². The van der Waals surface area contributed by atoms with Crippen LogP contribution >= 0.6 is 7.60 Å². The van der Waals surface area contributed by atoms with E-state index in [-0.39, 0.29) is 56.1 Å². The molecule has 2 atom stereocenters. The average molecular weight is 1060 g/mol. The van der Waals surface area contributed by atoms with E-state index in [0.29, 0.717) is 36.4 Å². The zero-order valence-corrected chi connectivity index (χ0v) is 47.9. The van der Waals surface area contributed by atoms with Gasteiger partial charge < -0.3 is 39.7 Å². The molecule has 0 saturated carbocycles. The van der Waals surface area contributed by atoms with Crippen LogP contribution in [0.3, 0.4) is 0 Å². The number of H-pyrrole nitrogens is 1. The van der Waals surface area contributed by atoms with Crippen LogP contribution in [0, 0.1) is 5.92 Å². The number of fused-ring (bicyclic) bond motifs is 1. The van der Waals surface area contributed by atoms with Gasteiger partial charge in [-0.25, -0.2) is 4.79 Å². The Morgan fingerprint density at radius 3 is 1.65 bits per heavy atom. The molecule has 0 aliphatic carbocycles. The van der Waals surface area contributed by atoms with Crippen molar-refractivity contribution in [2.24, 2.45) is 5.92 Å². The largest absolute Gasteiger partial charge is 0.461 e. The number of nitrogens with one attached hydrogen (secondary N) is 2. The summed E-state index contributed by atoms with van der Waals surface area (Å²) in [4.78, 5) is 47.9. The molecule has 0 aliphatic heterocycles. The second kappa shape index (κ2) is 42.8. The second-order valence-electron chi connectivity index (χ2n) is 21.1. The Bertz CT molecular complexity index is 1940. The van der Waals surface area contributed by atoms with Crippen LogP contribution in [0.2, 0.25) is 0 Å². The Morgan fingerprint density at radius 2 is 1.15 bits per heavy atom. The van der Waals surface area contributed by atoms with Gasteiger partial charge in [-0.15, -0.1) is 0 Å². The number of carbonyl (C=O) groups is 1. The number of nitrogen functional groups attached to an aromatic ring is 1. The number of hydrogen-bond acceptors (Lipinski definition) is 10. The summed E-state index contributed by atoms with van der Waals surface area (Å²) in [6.45, 7) is 6.97. The van der Waals surface area contributed by atoms with E-state index in [2.05, 4.69) is 34.1 Å². The molecule has 0 radical (unpaired) electrons. The summed E-state index contributed by atoms with van der Waals surface area (Å²) in [6.07, 6.45) is 45.2. The minimum Gasteiger partial charge on any atom is -0.461 e. The lowest BCUT2D eigenvalue weighted by molar-refractivity contribution is 0.0686. The van der Waals surface area contributed by atoms with E-state index in [1.165, 1.54) is 197 Å². The van der Waals surface area contributed by atoms with Crippen LogP contribution < -0.4 is 21.5 Å². The Labute approximate surface area is 448 Å². The summed E-state index contributed by atoms with van der Waals surface area (Å²) < 4.78 is 37.1. The van der Waals surface area contributed by atoms with Crippen molar-refractivity contribution in [2.75, 3.05) is 58.6 Å². The number of hydrogen-bond donors (Lipinski definition) is 4. The maximum absolute atomic E-state index is 13.2. The number of nitrogens with zero attached hydrogens (tertiary/aromatic N) is 3. The molecule has 15 heteroatoms. The molecule has 2 heterocycles. The molecule has 0 saturated heterocycles. The van der Waals surface area contributed by atoms with Crippen LogP contribution in [-0.4, -0.2) is 83.2 Å². The molecule has 2 unspecified atom stereocenters. The van der Waals surface area contributed by atoms with Crippen molar-refractivity contribution >= 4 is 30.5 Å². The quantitative estimate of drug-likeness (QED) is 0.0311. The number of unbranched alkanes of at least 4 members (excludes halogenated alkanes) is 31. The van der Waals surface area contributed by atoms with Gasteiger partial charge in [0, 0.05) is 31.7 Å². The van der Waals surface area contributed by atoms with Gasteiger partial charge >= 0.3 is 19.3 Å². The highest BCUT2D eigenvalue weighted by Gasteiger charge is 2.22. The Morgan fingerprint density at radius 1 is 0.662 bits per heavy atom. The van der Waals surface area contributed by atoms with E-state index in [9.17, 15) is 19.0 Å². The minimum atomic E-state index is -3.87. The van der Waals surface area contributed by atoms with Gasteiger partial charge in [-0.2, -0.15) is 9.97 Å². The number of nitrogens with two attached hydrogens (primary N) is 1. The van der Waals surface area contributed by atoms with Gasteiger partial charge in [-0.05, 0) is 37.0 Å². The third-order valence-electron chi connectivity index (χ3n) is 14.3. The first-order valence-corrected chi connectivity index (χ1v) is 31.7. The van der Waals surface area contributed by atoms with E-state index in [1.807, 2.05) is 0 Å². The van der Waals surface area contributed by atoms with Gasteiger partial charge in [-0.3, -0.25) is 13.9 Å². The first kappa shape index (κ1) is 65.0. The lowest BCUT2D eigenvalue weighted by Gasteiger charge is -2.20. The van der Waals surface area contributed by atoms with E-state index in [0.717, 1.165) is 37.9 Å². The first-order chi connectivity index (χ1) is 36.2. The zero-order valence-electron chi connectivity index (χ0n) is 47.0. The Kier molecular flexibility index (Phi) is 37.6. The lowest BCUT2D eigenvalue weighted by Crippen LogP contribution is -2.25. The summed E-state index contributed by atoms with van der Waals surface area (Å²) >= 11 is 0. The molecule has 14 nitrogen and oxygen atoms in total. The molecular weight excluding hydrogens is 952 g/mol. The summed E-state index contributed by atoms with van der Waals surface area (Å²) in [5.41, 5.74) is 7.47. The normalized spacial score (nSPS) is 12.9. The number of aromatic amines is 1. The summed E-state index contributed by atoms with van der Waals surface area (Å²) in [5.74, 6) is -0.146. The molecule has 1 aromatic carbocycles. The van der Waals surface area contributed by atoms with E-state index >= 15 is 0 Å². The van der Waals surface area contributed by atoms with Crippen LogP contribution in [0.4, 0.5) is 5.82 Å². The minimum absolute atomic E-state index is 0.0386. The fourth-order valence-electron chi connectivity index (χ4n) is 9.65. The second-order valence-corrected chi connectivity index (χ2v) is 23.1. The number of amides is 1. The molecule has 0 spiro atoms. The van der Waals surface area contributed by atoms with Crippen molar-refractivity contribution in [1.82, 2.24) is 24.8 Å². The molecule has 1 amide bonds. The number of aromatic nitrogens is 4. The molecule has 3 aromatic rings. The fourth-order valence-corrected chi connectivity index (χ4v) is 10.8. The van der Waals surface area contributed by atoms with Gasteiger partial charge in [0.2, 0.25) is 0 Å². The fraction of sp³-hybridized carbons (Fsp3) is 0.797. The number of imidazole rings is 1. The number of benzene rings is 1. The molecule has 424 valence electrons. The maximum atomic E-state index is 13.2. The topological polar surface area (TPSA) is 193 Å². The number of anilines is 1. The van der Waals surface area contributed by atoms with E-state index in [4.69, 9.17) is 24.5 Å². The van der Waals surface area contributed by atoms with Gasteiger partial charge in [-0.1, -0.05) is 231 Å². The summed E-state index contributed by atoms with van der Waals surface area (Å²) in [5, 5.41) is 2.86. The molecule has 0 fully saturated rings. The third-order valence-corrected chi connectivity index (χ3v) is 15.8. The summed E-state index contributed by atoms with van der Waals surface area (Å²) in [6, 6.07) is 6.92. The van der Waals surface area contributed by atoms with Crippen LogP contribution in [0.15, 0.2) is 29.1 Å². The SMILES string of the molecule is CCCCCCCCCCCCCCCCCCCC(COCCCCCCCCCCCCCCCCCC)COP(=O)(O)CCCNC(=O)c1ccc(Cn2c(=O)[nH]c3c(N)nc(OCCOC)nc32)cc1. The Hall–Kier alpha value is -3.29. The van der Waals surface area contributed by atoms with E-state index in [1.54, 1.807) is 31.4 Å². The molecule has 0 aliphatic rings. The van der Waals surface area contributed by atoms with Gasteiger partial charge in [0.1, 0.15) is 12.1 Å². The van der Waals surface area contributed by atoms with Crippen LogP contribution in [0.25, 0.3) is 11.2 Å². The highest BCUT2D eigenvalue weighted by atomic mass is 31.2. The predicted octanol–water partition coefficient (Wildman–Crippen LogP) is 15.0. The van der Waals surface area contributed by atoms with Crippen molar-refractivity contribution in [2.45, 2.75) is 245 Å². The number of methoxy groups -OCH3 is 1. The van der Waals surface area contributed by atoms with Gasteiger partial charge in [0.25, 0.3) is 5.91 Å². The monoisotopic (exact) mass is 1060 g/mol. The number of ether oxygens (including phenoxy) is 3. The van der Waals surface area contributed by atoms with Crippen molar-refractivity contribution in [3.05, 3.63) is 45.9 Å². The maximum Gasteiger partial charge on any atom is 0.328 e. The Balaban J connectivity index is 1.34. The van der Waals surface area contributed by atoms with Gasteiger partial charge in [0.15, 0.2) is 11.5 Å². The van der Waals surface area contributed by atoms with Crippen molar-refractivity contribution < 1.29 is 33.0 Å².